The molecule has 2 saturated carbocycles. The highest BCUT2D eigenvalue weighted by Gasteiger charge is 2.34. The first-order valence-electron chi connectivity index (χ1n) is 24.7. The average Bonchev–Trinajstić information content (AvgIpc) is 4.49. The molecule has 4 aromatic carbocycles. The van der Waals surface area contributed by atoms with Crippen LogP contribution >= 0.6 is 45.2 Å². The second-order valence-electron chi connectivity index (χ2n) is 19.3. The van der Waals surface area contributed by atoms with E-state index in [-0.39, 0.29) is 85.6 Å². The number of carbonyl (C=O) groups is 1. The SMILES string of the molecule is COC(OC)C(=O)Nc1cccc(-c2c(C)n(C3CC3)c(=O)c3c(Nc4ccc(I)c(CCS(=O)(=O)Nc5cccc(-c6c(C)n(C7CC7)c(=O)c7c(Nc8ccc(I)cc8F)c(C)c(=O)oc67)c5)c4F)c(C)c(=O)oc23)c1. The number of nitrogens with one attached hydrogen (secondary N) is 4. The van der Waals surface area contributed by atoms with Crippen molar-refractivity contribution in [2.45, 2.75) is 78.2 Å². The lowest BCUT2D eigenvalue weighted by Crippen LogP contribution is -2.31. The molecule has 10 rings (SSSR count). The maximum absolute atomic E-state index is 17.0. The molecule has 0 saturated heterocycles. The fourth-order valence-corrected chi connectivity index (χ4v) is 12.1. The summed E-state index contributed by atoms with van der Waals surface area (Å²) in [6.07, 6.45) is 1.40. The number of amides is 1. The van der Waals surface area contributed by atoms with E-state index in [4.69, 9.17) is 18.3 Å². The normalized spacial score (nSPS) is 13.6. The Morgan fingerprint density at radius 3 is 1.72 bits per heavy atom. The lowest BCUT2D eigenvalue weighted by molar-refractivity contribution is -0.153. The molecular weight excluding hydrogens is 1260 g/mol. The van der Waals surface area contributed by atoms with Gasteiger partial charge in [0.1, 0.15) is 16.6 Å². The number of hydrogen-bond acceptors (Lipinski definition) is 13. The zero-order chi connectivity index (χ0) is 55.6. The molecule has 4 N–H and O–H groups in total. The quantitative estimate of drug-likeness (QED) is 0.0493. The Balaban J connectivity index is 0.967. The molecule has 22 heteroatoms. The Bertz CT molecular complexity index is 4190. The fourth-order valence-electron chi connectivity index (χ4n) is 9.91. The zero-order valence-corrected chi connectivity index (χ0v) is 47.9. The molecule has 78 heavy (non-hydrogen) atoms. The number of benzene rings is 4. The number of aromatic nitrogens is 2. The Morgan fingerprint density at radius 2 is 1.21 bits per heavy atom. The number of pyridine rings is 2. The van der Waals surface area contributed by atoms with E-state index in [1.54, 1.807) is 77.6 Å². The first-order valence-corrected chi connectivity index (χ1v) is 28.5. The third-order valence-electron chi connectivity index (χ3n) is 14.0. The van der Waals surface area contributed by atoms with Crippen LogP contribution in [-0.4, -0.2) is 49.7 Å². The van der Waals surface area contributed by atoms with Crippen molar-refractivity contribution in [3.8, 4) is 22.3 Å². The standard InChI is InChI=1S/C56H50F2I2N6O11S/c1-26-47(62-40-19-13-32(59)25-38(40)57)44-50(77-54(26)70)43(29(4)66(52(44)68)36-16-17-36)31-10-8-12-34(24-31)64-78(72,73)22-21-37-39(60)18-20-41(46(37)58)63-48-27(2)55(71)76-49-42(28(3)65(35-14-15-35)53(69)45(48)49)30-9-7-11-33(23-30)61-51(67)56(74-5)75-6/h7-13,18-20,23-25,35-36,56,62-64H,14-17,21-22H2,1-6H3,(H,61,67). The van der Waals surface area contributed by atoms with E-state index in [0.717, 1.165) is 25.7 Å². The third-order valence-corrected chi connectivity index (χ3v) is 17.0. The summed E-state index contributed by atoms with van der Waals surface area (Å²) in [7, 11) is -1.57. The molecule has 0 unspecified atom stereocenters. The number of nitrogens with zero attached hydrogens (tertiary/aromatic N) is 2. The zero-order valence-electron chi connectivity index (χ0n) is 42.8. The van der Waals surface area contributed by atoms with Crippen LogP contribution in [0.5, 0.6) is 0 Å². The summed E-state index contributed by atoms with van der Waals surface area (Å²) in [6.45, 7) is 6.41. The highest BCUT2D eigenvalue weighted by molar-refractivity contribution is 14.1. The van der Waals surface area contributed by atoms with Crippen LogP contribution in [0.2, 0.25) is 0 Å². The van der Waals surface area contributed by atoms with Crippen LogP contribution in [0.15, 0.2) is 107 Å². The van der Waals surface area contributed by atoms with Crippen molar-refractivity contribution in [3.05, 3.63) is 167 Å². The van der Waals surface area contributed by atoms with E-state index in [1.807, 2.05) is 45.2 Å². The van der Waals surface area contributed by atoms with E-state index in [9.17, 15) is 32.4 Å². The highest BCUT2D eigenvalue weighted by atomic mass is 127. The summed E-state index contributed by atoms with van der Waals surface area (Å²) < 4.78 is 89.2. The topological polar surface area (TPSA) is 222 Å². The van der Waals surface area contributed by atoms with Crippen molar-refractivity contribution in [2.24, 2.45) is 0 Å². The largest absolute Gasteiger partial charge is 0.421 e. The Hall–Kier alpha value is -6.74. The smallest absolute Gasteiger partial charge is 0.341 e. The molecule has 0 atom stereocenters. The van der Waals surface area contributed by atoms with Crippen molar-refractivity contribution in [3.63, 3.8) is 0 Å². The number of fused-ring (bicyclic) bond motifs is 2. The van der Waals surface area contributed by atoms with Gasteiger partial charge in [-0.05, 0) is 171 Å². The predicted octanol–water partition coefficient (Wildman–Crippen LogP) is 11.0. The number of halogens is 4. The van der Waals surface area contributed by atoms with Gasteiger partial charge in [0.25, 0.3) is 17.0 Å². The Kier molecular flexibility index (Phi) is 15.0. The Labute approximate surface area is 471 Å². The molecule has 0 aliphatic heterocycles. The summed E-state index contributed by atoms with van der Waals surface area (Å²) in [5.41, 5.74) is 0.714. The van der Waals surface area contributed by atoms with E-state index in [0.29, 0.717) is 46.5 Å². The molecule has 1 amide bonds. The van der Waals surface area contributed by atoms with E-state index < -0.39 is 62.0 Å². The third kappa shape index (κ3) is 10.4. The Morgan fingerprint density at radius 1 is 0.705 bits per heavy atom. The number of rotatable bonds is 17. The number of ether oxygens (including phenoxy) is 2. The van der Waals surface area contributed by atoms with Crippen molar-refractivity contribution in [1.29, 1.82) is 0 Å². The first kappa shape index (κ1) is 54.6. The molecule has 2 fully saturated rings. The summed E-state index contributed by atoms with van der Waals surface area (Å²) in [5.74, 6) is -2.55. The van der Waals surface area contributed by atoms with Gasteiger partial charge in [0.15, 0.2) is 17.0 Å². The molecule has 4 aromatic heterocycles. The first-order chi connectivity index (χ1) is 37.2. The maximum atomic E-state index is 17.0. The molecular formula is C56H50F2I2N6O11S. The lowest BCUT2D eigenvalue weighted by atomic mass is 9.99. The number of carbonyl (C=O) groups excluding carboxylic acids is 1. The van der Waals surface area contributed by atoms with E-state index >= 15 is 8.78 Å². The summed E-state index contributed by atoms with van der Waals surface area (Å²) in [6, 6.07) is 20.4. The van der Waals surface area contributed by atoms with Crippen LogP contribution in [0, 0.1) is 46.5 Å². The lowest BCUT2D eigenvalue weighted by Gasteiger charge is -2.20. The van der Waals surface area contributed by atoms with Gasteiger partial charge in [-0.15, -0.1) is 0 Å². The summed E-state index contributed by atoms with van der Waals surface area (Å²) in [5, 5.41) is 8.79. The maximum Gasteiger partial charge on any atom is 0.341 e. The van der Waals surface area contributed by atoms with Crippen LogP contribution in [0.3, 0.4) is 0 Å². The van der Waals surface area contributed by atoms with Gasteiger partial charge < -0.3 is 43.4 Å². The van der Waals surface area contributed by atoms with Crippen molar-refractivity contribution in [1.82, 2.24) is 9.13 Å². The molecule has 2 aliphatic rings. The van der Waals surface area contributed by atoms with Crippen LogP contribution in [0.1, 0.15) is 65.8 Å². The van der Waals surface area contributed by atoms with Crippen LogP contribution in [0.4, 0.5) is 42.9 Å². The van der Waals surface area contributed by atoms with Crippen molar-refractivity contribution < 1.29 is 40.3 Å². The van der Waals surface area contributed by atoms with Gasteiger partial charge >= 0.3 is 11.3 Å². The average molecular weight is 1310 g/mol. The van der Waals surface area contributed by atoms with Gasteiger partial charge in [-0.3, -0.25) is 19.1 Å². The molecule has 2 aliphatic carbocycles. The minimum Gasteiger partial charge on any atom is -0.421 e. The van der Waals surface area contributed by atoms with Gasteiger partial charge in [0.2, 0.25) is 16.3 Å². The van der Waals surface area contributed by atoms with Gasteiger partial charge in [-0.2, -0.15) is 0 Å². The van der Waals surface area contributed by atoms with Gasteiger partial charge in [-0.25, -0.2) is 26.8 Å². The number of hydrogen-bond donors (Lipinski definition) is 4. The highest BCUT2D eigenvalue weighted by Crippen LogP contribution is 2.43. The fraction of sp³-hybridized carbons (Fsp3) is 0.268. The van der Waals surface area contributed by atoms with Gasteiger partial charge in [0.05, 0.1) is 39.6 Å². The second-order valence-corrected chi connectivity index (χ2v) is 23.6. The summed E-state index contributed by atoms with van der Waals surface area (Å²) >= 11 is 3.90. The molecule has 0 radical (unpaired) electrons. The van der Waals surface area contributed by atoms with Gasteiger partial charge in [-0.1, -0.05) is 24.3 Å². The minimum absolute atomic E-state index is 0.00211. The molecule has 8 aromatic rings. The second kappa shape index (κ2) is 21.5. The summed E-state index contributed by atoms with van der Waals surface area (Å²) in [4.78, 5) is 69.2. The molecule has 0 spiro atoms. The number of sulfonamides is 1. The minimum atomic E-state index is -4.22. The number of anilines is 6. The molecule has 0 bridgehead atoms. The van der Waals surface area contributed by atoms with Crippen molar-refractivity contribution >= 4 is 117 Å². The molecule has 17 nitrogen and oxygen atoms in total. The molecule has 404 valence electrons. The van der Waals surface area contributed by atoms with Crippen LogP contribution in [0.25, 0.3) is 44.2 Å². The predicted molar refractivity (Wildman–Crippen MR) is 312 cm³/mol. The van der Waals surface area contributed by atoms with Crippen LogP contribution < -0.4 is 43.0 Å². The number of methoxy groups -OCH3 is 2. The van der Waals surface area contributed by atoms with E-state index in [1.165, 1.54) is 52.3 Å². The van der Waals surface area contributed by atoms with E-state index in [2.05, 4.69) is 20.7 Å². The van der Waals surface area contributed by atoms with Gasteiger partial charge in [0, 0.05) is 72.9 Å². The molecule has 4 heterocycles. The van der Waals surface area contributed by atoms with Crippen LogP contribution in [-0.2, 0) is 30.7 Å². The van der Waals surface area contributed by atoms with Crippen molar-refractivity contribution in [2.75, 3.05) is 40.6 Å². The monoisotopic (exact) mass is 1310 g/mol.